The zero-order valence-electron chi connectivity index (χ0n) is 12.7. The van der Waals surface area contributed by atoms with Gasteiger partial charge in [0.05, 0.1) is 18.3 Å². The molecule has 0 amide bonds. The molecule has 3 rings (SSSR count). The van der Waals surface area contributed by atoms with Gasteiger partial charge in [0.2, 0.25) is 0 Å². The van der Waals surface area contributed by atoms with Crippen LogP contribution in [0.5, 0.6) is 0 Å². The Kier molecular flexibility index (Phi) is 5.09. The molecule has 0 spiro atoms. The molecule has 2 nitrogen and oxygen atoms in total. The molecule has 124 valence electrons. The molecule has 2 unspecified atom stereocenters. The monoisotopic (exact) mass is 335 g/mol. The van der Waals surface area contributed by atoms with Crippen LogP contribution in [0, 0.1) is 5.92 Å². The van der Waals surface area contributed by atoms with Crippen molar-refractivity contribution in [3.05, 3.63) is 34.9 Å². The molecular weight excluding hydrogens is 315 g/mol. The van der Waals surface area contributed by atoms with Crippen LogP contribution in [0.25, 0.3) is 0 Å². The molecule has 0 bridgehead atoms. The highest BCUT2D eigenvalue weighted by Gasteiger charge is 2.42. The standard InChI is InChI=1S/C16H20F3NO.ClH/c1-10(2)6-20-7-12-11-4-3-5-14(16(17,18)19)13(11)9-21-15(12)8-20;/h3-5,10,12,15H,6-9H2,1-2H3;1H. The fraction of sp³-hybridized carbons (Fsp3) is 0.625. The van der Waals surface area contributed by atoms with Gasteiger partial charge in [-0.15, -0.1) is 12.4 Å². The number of nitrogens with zero attached hydrogens (tertiary/aromatic N) is 1. The molecule has 2 aliphatic rings. The third-order valence-electron chi connectivity index (χ3n) is 4.32. The first-order valence-corrected chi connectivity index (χ1v) is 7.39. The molecule has 1 fully saturated rings. The Morgan fingerprint density at radius 2 is 2.00 bits per heavy atom. The number of alkyl halides is 3. The minimum Gasteiger partial charge on any atom is -0.371 e. The molecule has 0 aliphatic carbocycles. The van der Waals surface area contributed by atoms with Crippen LogP contribution < -0.4 is 0 Å². The number of fused-ring (bicyclic) bond motifs is 3. The van der Waals surface area contributed by atoms with Gasteiger partial charge in [0.25, 0.3) is 0 Å². The predicted molar refractivity (Wildman–Crippen MR) is 81.3 cm³/mol. The van der Waals surface area contributed by atoms with Crippen LogP contribution >= 0.6 is 12.4 Å². The second-order valence-electron chi connectivity index (χ2n) is 6.44. The molecule has 1 aromatic rings. The Labute approximate surface area is 135 Å². The number of likely N-dealkylation sites (tertiary alicyclic amines) is 1. The summed E-state index contributed by atoms with van der Waals surface area (Å²) >= 11 is 0. The van der Waals surface area contributed by atoms with Crippen LogP contribution in [0.3, 0.4) is 0 Å². The molecule has 2 heterocycles. The van der Waals surface area contributed by atoms with Crippen LogP contribution in [0.4, 0.5) is 13.2 Å². The molecule has 0 N–H and O–H groups in total. The van der Waals surface area contributed by atoms with E-state index < -0.39 is 11.7 Å². The summed E-state index contributed by atoms with van der Waals surface area (Å²) in [6.45, 7) is 6.94. The summed E-state index contributed by atoms with van der Waals surface area (Å²) in [5.41, 5.74) is 0.616. The number of ether oxygens (including phenoxy) is 1. The van der Waals surface area contributed by atoms with Gasteiger partial charge in [-0.1, -0.05) is 26.0 Å². The lowest BCUT2D eigenvalue weighted by atomic mass is 9.87. The highest BCUT2D eigenvalue weighted by Crippen LogP contribution is 2.42. The van der Waals surface area contributed by atoms with E-state index in [1.165, 1.54) is 6.07 Å². The van der Waals surface area contributed by atoms with E-state index in [1.807, 2.05) is 6.07 Å². The van der Waals surface area contributed by atoms with E-state index in [0.29, 0.717) is 11.5 Å². The number of benzene rings is 1. The minimum atomic E-state index is -4.31. The number of halogens is 4. The van der Waals surface area contributed by atoms with Crippen molar-refractivity contribution < 1.29 is 17.9 Å². The molecule has 1 aromatic carbocycles. The summed E-state index contributed by atoms with van der Waals surface area (Å²) in [6, 6.07) is 4.52. The van der Waals surface area contributed by atoms with Crippen molar-refractivity contribution in [1.29, 1.82) is 0 Å². The van der Waals surface area contributed by atoms with E-state index in [9.17, 15) is 13.2 Å². The van der Waals surface area contributed by atoms with E-state index in [2.05, 4.69) is 18.7 Å². The maximum absolute atomic E-state index is 13.1. The predicted octanol–water partition coefficient (Wildman–Crippen LogP) is 4.08. The van der Waals surface area contributed by atoms with Crippen LogP contribution in [0.15, 0.2) is 18.2 Å². The Morgan fingerprint density at radius 1 is 1.27 bits per heavy atom. The van der Waals surface area contributed by atoms with Crippen LogP contribution in [0.2, 0.25) is 0 Å². The molecular formula is C16H21ClF3NO. The molecule has 2 atom stereocenters. The molecule has 0 saturated carbocycles. The molecule has 0 aromatic heterocycles. The third-order valence-corrected chi connectivity index (χ3v) is 4.32. The van der Waals surface area contributed by atoms with E-state index in [1.54, 1.807) is 0 Å². The lowest BCUT2D eigenvalue weighted by Gasteiger charge is -2.29. The number of rotatable bonds is 2. The fourth-order valence-corrected chi connectivity index (χ4v) is 3.55. The van der Waals surface area contributed by atoms with Crippen molar-refractivity contribution in [1.82, 2.24) is 4.90 Å². The van der Waals surface area contributed by atoms with Gasteiger partial charge in [-0.3, -0.25) is 4.90 Å². The molecule has 2 aliphatic heterocycles. The summed E-state index contributed by atoms with van der Waals surface area (Å²) in [5.74, 6) is 0.612. The Hall–Kier alpha value is -0.780. The topological polar surface area (TPSA) is 12.5 Å². The van der Waals surface area contributed by atoms with Gasteiger partial charge in [0.15, 0.2) is 0 Å². The SMILES string of the molecule is CC(C)CN1CC2OCc3c(cccc3C(F)(F)F)C2C1.Cl. The Bertz CT molecular complexity index is 533. The normalized spacial score (nSPS) is 24.8. The highest BCUT2D eigenvalue weighted by atomic mass is 35.5. The first kappa shape index (κ1) is 17.6. The second kappa shape index (κ2) is 6.38. The van der Waals surface area contributed by atoms with E-state index in [4.69, 9.17) is 4.74 Å². The van der Waals surface area contributed by atoms with Crippen LogP contribution in [-0.4, -0.2) is 30.6 Å². The van der Waals surface area contributed by atoms with Crippen molar-refractivity contribution in [2.45, 2.75) is 38.7 Å². The Balaban J connectivity index is 0.00000176. The van der Waals surface area contributed by atoms with Gasteiger partial charge in [0.1, 0.15) is 0 Å². The minimum absolute atomic E-state index is 0. The van der Waals surface area contributed by atoms with Crippen LogP contribution in [0.1, 0.15) is 36.5 Å². The summed E-state index contributed by atoms with van der Waals surface area (Å²) in [6.07, 6.45) is -4.28. The average Bonchev–Trinajstić information content (AvgIpc) is 2.78. The van der Waals surface area contributed by atoms with E-state index in [-0.39, 0.29) is 31.0 Å². The fourth-order valence-electron chi connectivity index (χ4n) is 3.55. The quantitative estimate of drug-likeness (QED) is 0.807. The van der Waals surface area contributed by atoms with Crippen molar-refractivity contribution in [2.24, 2.45) is 5.92 Å². The zero-order chi connectivity index (χ0) is 15.2. The lowest BCUT2D eigenvalue weighted by molar-refractivity contribution is -0.139. The van der Waals surface area contributed by atoms with Gasteiger partial charge < -0.3 is 4.74 Å². The van der Waals surface area contributed by atoms with Gasteiger partial charge in [-0.2, -0.15) is 13.2 Å². The summed E-state index contributed by atoms with van der Waals surface area (Å²) < 4.78 is 45.0. The smallest absolute Gasteiger partial charge is 0.371 e. The Morgan fingerprint density at radius 3 is 2.64 bits per heavy atom. The molecule has 22 heavy (non-hydrogen) atoms. The van der Waals surface area contributed by atoms with Crippen molar-refractivity contribution in [3.8, 4) is 0 Å². The van der Waals surface area contributed by atoms with Gasteiger partial charge in [-0.05, 0) is 23.1 Å². The first-order chi connectivity index (χ1) is 9.86. The first-order valence-electron chi connectivity index (χ1n) is 7.39. The largest absolute Gasteiger partial charge is 0.416 e. The maximum atomic E-state index is 13.1. The average molecular weight is 336 g/mol. The summed E-state index contributed by atoms with van der Waals surface area (Å²) in [5, 5.41) is 0. The van der Waals surface area contributed by atoms with Gasteiger partial charge in [-0.25, -0.2) is 0 Å². The molecule has 6 heteroatoms. The van der Waals surface area contributed by atoms with Crippen LogP contribution in [-0.2, 0) is 17.5 Å². The zero-order valence-corrected chi connectivity index (χ0v) is 13.5. The van der Waals surface area contributed by atoms with E-state index >= 15 is 0 Å². The highest BCUT2D eigenvalue weighted by molar-refractivity contribution is 5.85. The van der Waals surface area contributed by atoms with Crippen molar-refractivity contribution in [2.75, 3.05) is 19.6 Å². The second-order valence-corrected chi connectivity index (χ2v) is 6.44. The third kappa shape index (κ3) is 3.26. The molecule has 0 radical (unpaired) electrons. The maximum Gasteiger partial charge on any atom is 0.416 e. The van der Waals surface area contributed by atoms with Gasteiger partial charge in [0, 0.05) is 25.6 Å². The lowest BCUT2D eigenvalue weighted by Crippen LogP contribution is -2.29. The number of hydrogen-bond donors (Lipinski definition) is 0. The van der Waals surface area contributed by atoms with Crippen molar-refractivity contribution in [3.63, 3.8) is 0 Å². The summed E-state index contributed by atoms with van der Waals surface area (Å²) in [7, 11) is 0. The summed E-state index contributed by atoms with van der Waals surface area (Å²) in [4.78, 5) is 2.30. The molecule has 1 saturated heterocycles. The van der Waals surface area contributed by atoms with Crippen molar-refractivity contribution >= 4 is 12.4 Å². The van der Waals surface area contributed by atoms with E-state index in [0.717, 1.165) is 31.3 Å². The number of hydrogen-bond acceptors (Lipinski definition) is 2. The van der Waals surface area contributed by atoms with Gasteiger partial charge >= 0.3 is 6.18 Å².